The average Bonchev–Trinajstić information content (AvgIpc) is 2.77. The maximum atomic E-state index is 9.74. The van der Waals surface area contributed by atoms with Gasteiger partial charge in [-0.15, -0.1) is 6.58 Å². The molecule has 3 nitrogen and oxygen atoms in total. The standard InChI is InChI=1S/C15H20N2O/c1-4-8-17-9-7-15(2)12-10-11(18)5-6-13(12)16(3)14(15)17/h4-6,10,14,18H,1,7-9H2,2-3H3/t14-,15-/m0/s1. The molecule has 1 aromatic carbocycles. The molecule has 0 unspecified atom stereocenters. The predicted octanol–water partition coefficient (Wildman–Crippen LogP) is 2.32. The number of fused-ring (bicyclic) bond motifs is 3. The number of aromatic hydroxyl groups is 1. The van der Waals surface area contributed by atoms with Crippen LogP contribution in [0.1, 0.15) is 18.9 Å². The Kier molecular flexibility index (Phi) is 2.42. The zero-order valence-corrected chi connectivity index (χ0v) is 11.1. The number of hydrogen-bond acceptors (Lipinski definition) is 3. The fraction of sp³-hybridized carbons (Fsp3) is 0.467. The summed E-state index contributed by atoms with van der Waals surface area (Å²) >= 11 is 0. The molecule has 3 heteroatoms. The predicted molar refractivity (Wildman–Crippen MR) is 74.0 cm³/mol. The Hall–Kier alpha value is -1.48. The minimum atomic E-state index is 0.117. The van der Waals surface area contributed by atoms with E-state index >= 15 is 0 Å². The van der Waals surface area contributed by atoms with Crippen LogP contribution in [-0.4, -0.2) is 36.3 Å². The van der Waals surface area contributed by atoms with E-state index < -0.39 is 0 Å². The highest BCUT2D eigenvalue weighted by Gasteiger charge is 2.52. The Bertz CT molecular complexity index is 499. The molecule has 2 heterocycles. The van der Waals surface area contributed by atoms with Gasteiger partial charge in [0, 0.05) is 31.2 Å². The molecule has 0 aromatic heterocycles. The first-order valence-electron chi connectivity index (χ1n) is 6.49. The van der Waals surface area contributed by atoms with Gasteiger partial charge in [0.25, 0.3) is 0 Å². The van der Waals surface area contributed by atoms with Gasteiger partial charge in [-0.25, -0.2) is 0 Å². The Morgan fingerprint density at radius 2 is 2.33 bits per heavy atom. The van der Waals surface area contributed by atoms with Gasteiger partial charge in [-0.2, -0.15) is 0 Å². The topological polar surface area (TPSA) is 26.7 Å². The molecule has 2 atom stereocenters. The highest BCUT2D eigenvalue weighted by molar-refractivity contribution is 5.66. The molecule has 1 fully saturated rings. The van der Waals surface area contributed by atoms with Crippen LogP contribution in [-0.2, 0) is 5.41 Å². The van der Waals surface area contributed by atoms with Gasteiger partial charge in [0.2, 0.25) is 0 Å². The Balaban J connectivity index is 2.08. The fourth-order valence-electron chi connectivity index (χ4n) is 3.75. The van der Waals surface area contributed by atoms with Crippen molar-refractivity contribution in [3.05, 3.63) is 36.4 Å². The largest absolute Gasteiger partial charge is 0.508 e. The minimum Gasteiger partial charge on any atom is -0.508 e. The Labute approximate surface area is 108 Å². The smallest absolute Gasteiger partial charge is 0.116 e. The summed E-state index contributed by atoms with van der Waals surface area (Å²) in [7, 11) is 2.15. The van der Waals surface area contributed by atoms with Crippen LogP contribution in [0.15, 0.2) is 30.9 Å². The molecule has 1 saturated heterocycles. The Morgan fingerprint density at radius 3 is 3.06 bits per heavy atom. The van der Waals surface area contributed by atoms with Gasteiger partial charge < -0.3 is 10.0 Å². The molecule has 2 aliphatic rings. The summed E-state index contributed by atoms with van der Waals surface area (Å²) in [6.07, 6.45) is 3.49. The lowest BCUT2D eigenvalue weighted by Crippen LogP contribution is -2.47. The van der Waals surface area contributed by atoms with Crippen LogP contribution in [0.2, 0.25) is 0 Å². The van der Waals surface area contributed by atoms with Crippen LogP contribution < -0.4 is 4.90 Å². The summed E-state index contributed by atoms with van der Waals surface area (Å²) < 4.78 is 0. The molecule has 0 spiro atoms. The SMILES string of the molecule is C=CCN1CC[C@@]2(C)c3cc(O)ccc3N(C)[C@@H]12. The molecule has 2 aliphatic heterocycles. The van der Waals surface area contributed by atoms with E-state index in [4.69, 9.17) is 0 Å². The maximum Gasteiger partial charge on any atom is 0.116 e. The molecular weight excluding hydrogens is 224 g/mol. The number of phenolic OH excluding ortho intramolecular Hbond substituents is 1. The van der Waals surface area contributed by atoms with Crippen molar-refractivity contribution in [1.82, 2.24) is 4.90 Å². The van der Waals surface area contributed by atoms with Gasteiger partial charge in [0.1, 0.15) is 5.75 Å². The molecule has 1 N–H and O–H groups in total. The molecule has 3 rings (SSSR count). The van der Waals surface area contributed by atoms with Crippen LogP contribution in [0.4, 0.5) is 5.69 Å². The van der Waals surface area contributed by atoms with Crippen molar-refractivity contribution >= 4 is 5.69 Å². The number of likely N-dealkylation sites (N-methyl/N-ethyl adjacent to an activating group) is 1. The molecule has 0 aliphatic carbocycles. The molecule has 96 valence electrons. The van der Waals surface area contributed by atoms with E-state index in [1.54, 1.807) is 6.07 Å². The second-order valence-electron chi connectivity index (χ2n) is 5.64. The zero-order valence-electron chi connectivity index (χ0n) is 11.1. The van der Waals surface area contributed by atoms with E-state index in [0.717, 1.165) is 19.5 Å². The van der Waals surface area contributed by atoms with Gasteiger partial charge >= 0.3 is 0 Å². The summed E-state index contributed by atoms with van der Waals surface area (Å²) in [6.45, 7) is 8.17. The van der Waals surface area contributed by atoms with Crippen molar-refractivity contribution in [2.75, 3.05) is 25.0 Å². The van der Waals surface area contributed by atoms with Crippen molar-refractivity contribution in [2.24, 2.45) is 0 Å². The number of likely N-dealkylation sites (tertiary alicyclic amines) is 1. The van der Waals surface area contributed by atoms with Crippen molar-refractivity contribution in [3.8, 4) is 5.75 Å². The van der Waals surface area contributed by atoms with Gasteiger partial charge in [0.15, 0.2) is 0 Å². The summed E-state index contributed by atoms with van der Waals surface area (Å²) in [6, 6.07) is 5.74. The van der Waals surface area contributed by atoms with Crippen LogP contribution in [0.3, 0.4) is 0 Å². The molecule has 0 saturated carbocycles. The molecule has 0 radical (unpaired) electrons. The molecule has 0 bridgehead atoms. The lowest BCUT2D eigenvalue weighted by molar-refractivity contribution is 0.245. The summed E-state index contributed by atoms with van der Waals surface area (Å²) in [5.41, 5.74) is 2.64. The first-order chi connectivity index (χ1) is 8.58. The average molecular weight is 244 g/mol. The summed E-state index contributed by atoms with van der Waals surface area (Å²) in [4.78, 5) is 4.80. The third kappa shape index (κ3) is 1.34. The first-order valence-corrected chi connectivity index (χ1v) is 6.49. The monoisotopic (exact) mass is 244 g/mol. The third-order valence-electron chi connectivity index (χ3n) is 4.54. The van der Waals surface area contributed by atoms with Crippen molar-refractivity contribution in [3.63, 3.8) is 0 Å². The van der Waals surface area contributed by atoms with Gasteiger partial charge in [0.05, 0.1) is 6.17 Å². The highest BCUT2D eigenvalue weighted by Crippen LogP contribution is 2.51. The van der Waals surface area contributed by atoms with Crippen LogP contribution in [0.5, 0.6) is 5.75 Å². The van der Waals surface area contributed by atoms with Gasteiger partial charge in [-0.1, -0.05) is 13.0 Å². The molecule has 18 heavy (non-hydrogen) atoms. The summed E-state index contributed by atoms with van der Waals surface area (Å²) in [5.74, 6) is 0.367. The zero-order chi connectivity index (χ0) is 12.9. The van der Waals surface area contributed by atoms with E-state index in [-0.39, 0.29) is 5.41 Å². The number of nitrogens with zero attached hydrogens (tertiary/aromatic N) is 2. The normalized spacial score (nSPS) is 30.3. The number of rotatable bonds is 2. The van der Waals surface area contributed by atoms with Crippen molar-refractivity contribution in [2.45, 2.75) is 24.9 Å². The lowest BCUT2D eigenvalue weighted by atomic mass is 9.81. The van der Waals surface area contributed by atoms with Gasteiger partial charge in [-0.3, -0.25) is 4.90 Å². The first kappa shape index (κ1) is 11.6. The van der Waals surface area contributed by atoms with Gasteiger partial charge in [-0.05, 0) is 30.2 Å². The van der Waals surface area contributed by atoms with Crippen LogP contribution in [0, 0.1) is 0 Å². The van der Waals surface area contributed by atoms with E-state index in [1.807, 2.05) is 18.2 Å². The van der Waals surface area contributed by atoms with E-state index in [1.165, 1.54) is 11.3 Å². The quantitative estimate of drug-likeness (QED) is 0.809. The third-order valence-corrected chi connectivity index (χ3v) is 4.54. The van der Waals surface area contributed by atoms with E-state index in [2.05, 4.69) is 30.4 Å². The van der Waals surface area contributed by atoms with E-state index in [9.17, 15) is 5.11 Å². The van der Waals surface area contributed by atoms with Crippen LogP contribution in [0.25, 0.3) is 0 Å². The molecule has 0 amide bonds. The number of benzene rings is 1. The number of phenols is 1. The number of anilines is 1. The maximum absolute atomic E-state index is 9.74. The lowest BCUT2D eigenvalue weighted by Gasteiger charge is -2.34. The van der Waals surface area contributed by atoms with Crippen molar-refractivity contribution < 1.29 is 5.11 Å². The van der Waals surface area contributed by atoms with E-state index in [0.29, 0.717) is 11.9 Å². The second-order valence-corrected chi connectivity index (χ2v) is 5.64. The van der Waals surface area contributed by atoms with Crippen LogP contribution >= 0.6 is 0 Å². The molecular formula is C15H20N2O. The minimum absolute atomic E-state index is 0.117. The highest BCUT2D eigenvalue weighted by atomic mass is 16.3. The fourth-order valence-corrected chi connectivity index (χ4v) is 3.75. The number of hydrogen-bond donors (Lipinski definition) is 1. The molecule has 1 aromatic rings. The van der Waals surface area contributed by atoms with Crippen molar-refractivity contribution in [1.29, 1.82) is 0 Å². The second kappa shape index (κ2) is 3.75. The Morgan fingerprint density at radius 1 is 1.56 bits per heavy atom. The summed E-state index contributed by atoms with van der Waals surface area (Å²) in [5, 5.41) is 9.74.